The van der Waals surface area contributed by atoms with E-state index < -0.39 is 0 Å². The maximum absolute atomic E-state index is 11.9. The van der Waals surface area contributed by atoms with E-state index in [0.29, 0.717) is 34.8 Å². The van der Waals surface area contributed by atoms with Gasteiger partial charge in [-0.1, -0.05) is 11.6 Å². The molecule has 2 N–H and O–H groups in total. The molecule has 0 bridgehead atoms. The Bertz CT molecular complexity index is 691. The highest BCUT2D eigenvalue weighted by Crippen LogP contribution is 2.36. The number of ether oxygens (including phenoxy) is 2. The number of nitrogens with one attached hydrogen (secondary N) is 2. The molecular weight excluding hydrogens is 338 g/mol. The van der Waals surface area contributed by atoms with Crippen LogP contribution < -0.4 is 20.1 Å². The van der Waals surface area contributed by atoms with E-state index in [1.807, 2.05) is 19.2 Å². The third-order valence-corrected chi connectivity index (χ3v) is 4.03. The van der Waals surface area contributed by atoms with Crippen molar-refractivity contribution in [2.75, 3.05) is 19.0 Å². The molecule has 1 heterocycles. The third-order valence-electron chi connectivity index (χ3n) is 2.87. The number of aromatic nitrogens is 1. The van der Waals surface area contributed by atoms with Crippen molar-refractivity contribution >= 4 is 34.1 Å². The SMILES string of the molecule is CCOc1c(Cl)cc(CNC(=O)Nc2nc(C)cs2)cc1OC. The summed E-state index contributed by atoms with van der Waals surface area (Å²) in [4.78, 5) is 16.0. The van der Waals surface area contributed by atoms with Crippen LogP contribution in [0, 0.1) is 6.92 Å². The fourth-order valence-corrected chi connectivity index (χ4v) is 2.87. The molecule has 0 aliphatic carbocycles. The number of anilines is 1. The van der Waals surface area contributed by atoms with Crippen molar-refractivity contribution in [1.82, 2.24) is 10.3 Å². The van der Waals surface area contributed by atoms with Gasteiger partial charge in [-0.2, -0.15) is 0 Å². The van der Waals surface area contributed by atoms with Gasteiger partial charge in [-0.15, -0.1) is 11.3 Å². The molecule has 0 fully saturated rings. The summed E-state index contributed by atoms with van der Waals surface area (Å²) in [5.41, 5.74) is 1.68. The number of benzene rings is 1. The van der Waals surface area contributed by atoms with Crippen LogP contribution in [0.3, 0.4) is 0 Å². The minimum atomic E-state index is -0.330. The Morgan fingerprint density at radius 1 is 1.43 bits per heavy atom. The molecule has 8 heteroatoms. The average molecular weight is 356 g/mol. The molecule has 2 rings (SSSR count). The average Bonchev–Trinajstić information content (AvgIpc) is 2.92. The molecule has 1 aromatic carbocycles. The van der Waals surface area contributed by atoms with E-state index in [0.717, 1.165) is 11.3 Å². The van der Waals surface area contributed by atoms with Gasteiger partial charge in [0.15, 0.2) is 16.6 Å². The lowest BCUT2D eigenvalue weighted by molar-refractivity contribution is 0.251. The number of carbonyl (C=O) groups excluding carboxylic acids is 1. The summed E-state index contributed by atoms with van der Waals surface area (Å²) in [6.07, 6.45) is 0. The van der Waals surface area contributed by atoms with E-state index in [2.05, 4.69) is 15.6 Å². The number of thiazole rings is 1. The Hall–Kier alpha value is -1.99. The van der Waals surface area contributed by atoms with Crippen LogP contribution in [0.15, 0.2) is 17.5 Å². The van der Waals surface area contributed by atoms with Crippen LogP contribution in [0.1, 0.15) is 18.2 Å². The minimum Gasteiger partial charge on any atom is -0.493 e. The number of urea groups is 1. The third kappa shape index (κ3) is 4.74. The first-order valence-electron chi connectivity index (χ1n) is 6.99. The minimum absolute atomic E-state index is 0.304. The van der Waals surface area contributed by atoms with Crippen LogP contribution in [-0.4, -0.2) is 24.7 Å². The van der Waals surface area contributed by atoms with Gasteiger partial charge in [-0.25, -0.2) is 9.78 Å². The summed E-state index contributed by atoms with van der Waals surface area (Å²) >= 11 is 7.57. The van der Waals surface area contributed by atoms with Crippen LogP contribution in [0.25, 0.3) is 0 Å². The van der Waals surface area contributed by atoms with Crippen molar-refractivity contribution in [2.45, 2.75) is 20.4 Å². The normalized spacial score (nSPS) is 10.3. The highest BCUT2D eigenvalue weighted by atomic mass is 35.5. The summed E-state index contributed by atoms with van der Waals surface area (Å²) < 4.78 is 10.7. The number of amides is 2. The molecule has 2 aromatic rings. The molecule has 0 radical (unpaired) electrons. The van der Waals surface area contributed by atoms with Crippen molar-refractivity contribution in [3.05, 3.63) is 33.8 Å². The fraction of sp³-hybridized carbons (Fsp3) is 0.333. The maximum atomic E-state index is 11.9. The van der Waals surface area contributed by atoms with E-state index in [1.54, 1.807) is 19.2 Å². The Balaban J connectivity index is 1.99. The molecule has 0 atom stereocenters. The molecule has 6 nitrogen and oxygen atoms in total. The monoisotopic (exact) mass is 355 g/mol. The van der Waals surface area contributed by atoms with Crippen molar-refractivity contribution in [2.24, 2.45) is 0 Å². The fourth-order valence-electron chi connectivity index (χ4n) is 1.89. The van der Waals surface area contributed by atoms with Gasteiger partial charge in [-0.3, -0.25) is 5.32 Å². The van der Waals surface area contributed by atoms with Gasteiger partial charge in [0.25, 0.3) is 0 Å². The lowest BCUT2D eigenvalue weighted by Gasteiger charge is -2.13. The second-order valence-electron chi connectivity index (χ2n) is 4.64. The van der Waals surface area contributed by atoms with E-state index in [9.17, 15) is 4.79 Å². The maximum Gasteiger partial charge on any atom is 0.321 e. The molecule has 1 aromatic heterocycles. The molecule has 124 valence electrons. The lowest BCUT2D eigenvalue weighted by Crippen LogP contribution is -2.28. The highest BCUT2D eigenvalue weighted by Gasteiger charge is 2.12. The second-order valence-corrected chi connectivity index (χ2v) is 5.91. The molecule has 23 heavy (non-hydrogen) atoms. The predicted molar refractivity (Wildman–Crippen MR) is 91.9 cm³/mol. The van der Waals surface area contributed by atoms with Gasteiger partial charge in [0.05, 0.1) is 24.4 Å². The van der Waals surface area contributed by atoms with E-state index >= 15 is 0 Å². The number of aryl methyl sites for hydroxylation is 1. The van der Waals surface area contributed by atoms with Crippen LogP contribution in [0.5, 0.6) is 11.5 Å². The molecule has 0 aliphatic heterocycles. The molecule has 2 amide bonds. The van der Waals surface area contributed by atoms with Gasteiger partial charge >= 0.3 is 6.03 Å². The van der Waals surface area contributed by atoms with Gasteiger partial charge in [-0.05, 0) is 31.5 Å². The van der Waals surface area contributed by atoms with Crippen molar-refractivity contribution in [1.29, 1.82) is 0 Å². The number of methoxy groups -OCH3 is 1. The zero-order valence-electron chi connectivity index (χ0n) is 13.1. The van der Waals surface area contributed by atoms with E-state index in [4.69, 9.17) is 21.1 Å². The van der Waals surface area contributed by atoms with Crippen molar-refractivity contribution < 1.29 is 14.3 Å². The standard InChI is InChI=1S/C15H18ClN3O3S/c1-4-22-13-11(16)5-10(6-12(13)21-3)7-17-14(20)19-15-18-9(2)8-23-15/h5-6,8H,4,7H2,1-3H3,(H2,17,18,19,20). The first-order valence-corrected chi connectivity index (χ1v) is 8.25. The molecule has 0 spiro atoms. The molecule has 0 aliphatic rings. The van der Waals surface area contributed by atoms with Gasteiger partial charge < -0.3 is 14.8 Å². The Labute approximate surface area is 143 Å². The summed E-state index contributed by atoms with van der Waals surface area (Å²) in [7, 11) is 1.54. The largest absolute Gasteiger partial charge is 0.493 e. The van der Waals surface area contributed by atoms with Crippen LogP contribution in [-0.2, 0) is 6.54 Å². The first-order chi connectivity index (χ1) is 11.0. The summed E-state index contributed by atoms with van der Waals surface area (Å²) in [6.45, 7) is 4.53. The Kier molecular flexibility index (Phi) is 6.06. The van der Waals surface area contributed by atoms with Gasteiger partial charge in [0, 0.05) is 11.9 Å². The molecule has 0 saturated carbocycles. The number of hydrogen-bond acceptors (Lipinski definition) is 5. The summed E-state index contributed by atoms with van der Waals surface area (Å²) in [5.74, 6) is 1.04. The topological polar surface area (TPSA) is 72.5 Å². The zero-order valence-corrected chi connectivity index (χ0v) is 14.7. The van der Waals surface area contributed by atoms with Crippen molar-refractivity contribution in [3.63, 3.8) is 0 Å². The number of nitrogens with zero attached hydrogens (tertiary/aromatic N) is 1. The van der Waals surface area contributed by atoms with Crippen molar-refractivity contribution in [3.8, 4) is 11.5 Å². The number of rotatable bonds is 6. The summed E-state index contributed by atoms with van der Waals surface area (Å²) in [5, 5.41) is 8.29. The Morgan fingerprint density at radius 3 is 2.83 bits per heavy atom. The quantitative estimate of drug-likeness (QED) is 0.825. The predicted octanol–water partition coefficient (Wildman–Crippen LogP) is 3.83. The molecule has 0 unspecified atom stereocenters. The van der Waals surface area contributed by atoms with E-state index in [1.165, 1.54) is 11.3 Å². The van der Waals surface area contributed by atoms with E-state index in [-0.39, 0.29) is 6.03 Å². The first kappa shape index (κ1) is 17.4. The number of halogens is 1. The Morgan fingerprint density at radius 2 is 2.22 bits per heavy atom. The number of carbonyl (C=O) groups is 1. The zero-order chi connectivity index (χ0) is 16.8. The number of hydrogen-bond donors (Lipinski definition) is 2. The second kappa shape index (κ2) is 8.03. The molecular formula is C15H18ClN3O3S. The highest BCUT2D eigenvalue weighted by molar-refractivity contribution is 7.13. The van der Waals surface area contributed by atoms with Crippen LogP contribution in [0.2, 0.25) is 5.02 Å². The van der Waals surface area contributed by atoms with Crippen LogP contribution >= 0.6 is 22.9 Å². The summed E-state index contributed by atoms with van der Waals surface area (Å²) in [6, 6.07) is 3.19. The van der Waals surface area contributed by atoms with Gasteiger partial charge in [0.2, 0.25) is 0 Å². The smallest absolute Gasteiger partial charge is 0.321 e. The van der Waals surface area contributed by atoms with Crippen LogP contribution in [0.4, 0.5) is 9.93 Å². The lowest BCUT2D eigenvalue weighted by atomic mass is 10.2. The molecule has 0 saturated heterocycles. The van der Waals surface area contributed by atoms with Gasteiger partial charge in [0.1, 0.15) is 0 Å².